The van der Waals surface area contributed by atoms with Gasteiger partial charge in [-0.3, -0.25) is 4.79 Å². The fourth-order valence-corrected chi connectivity index (χ4v) is 1.35. The summed E-state index contributed by atoms with van der Waals surface area (Å²) in [6, 6.07) is 6.90. The zero-order valence-corrected chi connectivity index (χ0v) is 8.37. The maximum Gasteiger partial charge on any atom is 0.304 e. The summed E-state index contributed by atoms with van der Waals surface area (Å²) in [5.74, 6) is -0.869. The van der Waals surface area contributed by atoms with Crippen molar-refractivity contribution in [2.24, 2.45) is 5.73 Å². The molecule has 3 nitrogen and oxygen atoms in total. The highest BCUT2D eigenvalue weighted by atomic mass is 35.5. The van der Waals surface area contributed by atoms with Gasteiger partial charge < -0.3 is 10.8 Å². The number of rotatable bonds is 4. The normalized spacial score (nSPS) is 12.4. The van der Waals surface area contributed by atoms with Gasteiger partial charge in [-0.05, 0) is 24.1 Å². The first-order valence-electron chi connectivity index (χ1n) is 4.30. The van der Waals surface area contributed by atoms with Gasteiger partial charge in [0.25, 0.3) is 0 Å². The molecule has 0 saturated heterocycles. The minimum atomic E-state index is -0.869. The van der Waals surface area contributed by atoms with Crippen molar-refractivity contribution >= 4 is 17.6 Å². The molecule has 0 radical (unpaired) electrons. The number of halogens is 1. The van der Waals surface area contributed by atoms with E-state index in [-0.39, 0.29) is 12.5 Å². The van der Waals surface area contributed by atoms with Gasteiger partial charge in [0.1, 0.15) is 0 Å². The molecule has 0 fully saturated rings. The number of carboxylic acids is 1. The molecule has 0 amide bonds. The van der Waals surface area contributed by atoms with Crippen LogP contribution in [0.3, 0.4) is 0 Å². The van der Waals surface area contributed by atoms with Gasteiger partial charge in [-0.15, -0.1) is 0 Å². The first-order valence-corrected chi connectivity index (χ1v) is 4.67. The molecule has 14 heavy (non-hydrogen) atoms. The molecule has 1 atom stereocenters. The Hall–Kier alpha value is -1.06. The predicted octanol–water partition coefficient (Wildman–Crippen LogP) is 1.68. The van der Waals surface area contributed by atoms with Gasteiger partial charge in [-0.1, -0.05) is 23.7 Å². The standard InChI is InChI=1S/C10H12ClNO2/c11-8-3-1-7(2-4-8)5-9(12)6-10(13)14/h1-4,9H,5-6,12H2,(H,13,14)/t9-/m0/s1. The molecule has 0 heterocycles. The van der Waals surface area contributed by atoms with Crippen LogP contribution < -0.4 is 5.73 Å². The van der Waals surface area contributed by atoms with E-state index in [4.69, 9.17) is 22.4 Å². The Morgan fingerprint density at radius 3 is 2.50 bits per heavy atom. The van der Waals surface area contributed by atoms with Gasteiger partial charge in [0.2, 0.25) is 0 Å². The second kappa shape index (κ2) is 4.98. The molecule has 76 valence electrons. The van der Waals surface area contributed by atoms with Crippen LogP contribution in [0.1, 0.15) is 12.0 Å². The van der Waals surface area contributed by atoms with Crippen LogP contribution in [0.4, 0.5) is 0 Å². The second-order valence-electron chi connectivity index (χ2n) is 3.19. The molecular formula is C10H12ClNO2. The lowest BCUT2D eigenvalue weighted by molar-refractivity contribution is -0.137. The molecule has 0 unspecified atom stereocenters. The van der Waals surface area contributed by atoms with E-state index in [1.54, 1.807) is 12.1 Å². The monoisotopic (exact) mass is 213 g/mol. The molecular weight excluding hydrogens is 202 g/mol. The number of carboxylic acid groups (broad SMARTS) is 1. The van der Waals surface area contributed by atoms with Crippen LogP contribution in [-0.4, -0.2) is 17.1 Å². The van der Waals surface area contributed by atoms with Crippen LogP contribution in [0.2, 0.25) is 5.02 Å². The van der Waals surface area contributed by atoms with Gasteiger partial charge >= 0.3 is 5.97 Å². The number of nitrogens with two attached hydrogens (primary N) is 1. The minimum absolute atomic E-state index is 0.0113. The second-order valence-corrected chi connectivity index (χ2v) is 3.62. The molecule has 0 aliphatic rings. The summed E-state index contributed by atoms with van der Waals surface area (Å²) in [4.78, 5) is 10.4. The van der Waals surface area contributed by atoms with Gasteiger partial charge in [-0.2, -0.15) is 0 Å². The average Bonchev–Trinajstić information content (AvgIpc) is 2.07. The van der Waals surface area contributed by atoms with Crippen molar-refractivity contribution in [2.75, 3.05) is 0 Å². The van der Waals surface area contributed by atoms with Gasteiger partial charge in [0, 0.05) is 11.1 Å². The Bertz CT molecular complexity index is 310. The Labute approximate surface area is 87.5 Å². The van der Waals surface area contributed by atoms with Crippen LogP contribution in [0.15, 0.2) is 24.3 Å². The summed E-state index contributed by atoms with van der Waals surface area (Å²) < 4.78 is 0. The van der Waals surface area contributed by atoms with Crippen LogP contribution in [0.25, 0.3) is 0 Å². The van der Waals surface area contributed by atoms with E-state index in [2.05, 4.69) is 0 Å². The maximum atomic E-state index is 10.4. The van der Waals surface area contributed by atoms with Gasteiger partial charge in [0.15, 0.2) is 0 Å². The fourth-order valence-electron chi connectivity index (χ4n) is 1.22. The SMILES string of the molecule is N[C@H](CC(=O)O)Cc1ccc(Cl)cc1. The molecule has 1 aromatic rings. The zero-order valence-electron chi connectivity index (χ0n) is 7.61. The molecule has 3 N–H and O–H groups in total. The molecule has 0 aliphatic carbocycles. The lowest BCUT2D eigenvalue weighted by atomic mass is 10.0. The van der Waals surface area contributed by atoms with Crippen molar-refractivity contribution in [3.63, 3.8) is 0 Å². The van der Waals surface area contributed by atoms with Crippen LogP contribution >= 0.6 is 11.6 Å². The van der Waals surface area contributed by atoms with Crippen molar-refractivity contribution in [3.8, 4) is 0 Å². The topological polar surface area (TPSA) is 63.3 Å². The van der Waals surface area contributed by atoms with E-state index in [0.29, 0.717) is 11.4 Å². The highest BCUT2D eigenvalue weighted by molar-refractivity contribution is 6.30. The number of benzene rings is 1. The van der Waals surface area contributed by atoms with Crippen molar-refractivity contribution in [3.05, 3.63) is 34.9 Å². The Morgan fingerprint density at radius 2 is 2.00 bits per heavy atom. The molecule has 0 aromatic heterocycles. The number of carbonyl (C=O) groups is 1. The van der Waals surface area contributed by atoms with Crippen LogP contribution in [0, 0.1) is 0 Å². The van der Waals surface area contributed by atoms with Gasteiger partial charge in [-0.25, -0.2) is 0 Å². The predicted molar refractivity (Wildman–Crippen MR) is 55.4 cm³/mol. The smallest absolute Gasteiger partial charge is 0.304 e. The van der Waals surface area contributed by atoms with E-state index in [0.717, 1.165) is 5.56 Å². The molecule has 0 spiro atoms. The van der Waals surface area contributed by atoms with Crippen LogP contribution in [-0.2, 0) is 11.2 Å². The molecule has 4 heteroatoms. The van der Waals surface area contributed by atoms with Crippen molar-refractivity contribution < 1.29 is 9.90 Å². The Balaban J connectivity index is 2.51. The quantitative estimate of drug-likeness (QED) is 0.800. The van der Waals surface area contributed by atoms with Crippen molar-refractivity contribution in [1.82, 2.24) is 0 Å². The van der Waals surface area contributed by atoms with E-state index in [1.165, 1.54) is 0 Å². The molecule has 1 aromatic carbocycles. The minimum Gasteiger partial charge on any atom is -0.481 e. The van der Waals surface area contributed by atoms with Gasteiger partial charge in [0.05, 0.1) is 6.42 Å². The maximum absolute atomic E-state index is 10.4. The summed E-state index contributed by atoms with van der Waals surface area (Å²) in [6.45, 7) is 0. The lowest BCUT2D eigenvalue weighted by Crippen LogP contribution is -2.26. The fraction of sp³-hybridized carbons (Fsp3) is 0.300. The number of aliphatic carboxylic acids is 1. The average molecular weight is 214 g/mol. The highest BCUT2D eigenvalue weighted by Gasteiger charge is 2.08. The van der Waals surface area contributed by atoms with E-state index in [9.17, 15) is 4.79 Å². The summed E-state index contributed by atoms with van der Waals surface area (Å²) >= 11 is 5.71. The Morgan fingerprint density at radius 1 is 1.43 bits per heavy atom. The van der Waals surface area contributed by atoms with E-state index in [1.807, 2.05) is 12.1 Å². The molecule has 0 bridgehead atoms. The van der Waals surface area contributed by atoms with Crippen LogP contribution in [0.5, 0.6) is 0 Å². The summed E-state index contributed by atoms with van der Waals surface area (Å²) in [6.07, 6.45) is 0.548. The third kappa shape index (κ3) is 3.77. The van der Waals surface area contributed by atoms with Crippen molar-refractivity contribution in [1.29, 1.82) is 0 Å². The number of hydrogen-bond donors (Lipinski definition) is 2. The molecule has 1 rings (SSSR count). The first kappa shape index (κ1) is 11.0. The molecule has 0 aliphatic heterocycles. The summed E-state index contributed by atoms with van der Waals surface area (Å²) in [7, 11) is 0. The third-order valence-corrected chi connectivity index (χ3v) is 2.10. The molecule has 0 saturated carbocycles. The third-order valence-electron chi connectivity index (χ3n) is 1.85. The zero-order chi connectivity index (χ0) is 10.6. The Kier molecular flexibility index (Phi) is 3.92. The van der Waals surface area contributed by atoms with E-state index >= 15 is 0 Å². The summed E-state index contributed by atoms with van der Waals surface area (Å²) in [5.41, 5.74) is 6.63. The first-order chi connectivity index (χ1) is 6.58. The lowest BCUT2D eigenvalue weighted by Gasteiger charge is -2.08. The van der Waals surface area contributed by atoms with E-state index < -0.39 is 5.97 Å². The largest absolute Gasteiger partial charge is 0.481 e. The van der Waals surface area contributed by atoms with Crippen molar-refractivity contribution in [2.45, 2.75) is 18.9 Å². The summed E-state index contributed by atoms with van der Waals surface area (Å²) in [5, 5.41) is 9.17. The highest BCUT2D eigenvalue weighted by Crippen LogP contribution is 2.11. The number of hydrogen-bond acceptors (Lipinski definition) is 2.